The molecule has 4 nitrogen and oxygen atoms in total. The van der Waals surface area contributed by atoms with E-state index >= 15 is 0 Å². The summed E-state index contributed by atoms with van der Waals surface area (Å²) in [5, 5.41) is 14.9. The van der Waals surface area contributed by atoms with Gasteiger partial charge in [-0.1, -0.05) is 100 Å². The molecule has 0 fully saturated rings. The van der Waals surface area contributed by atoms with Crippen molar-refractivity contribution in [1.29, 1.82) is 5.26 Å². The van der Waals surface area contributed by atoms with Crippen LogP contribution in [0.3, 0.4) is 0 Å². The number of carbonyl (C=O) groups is 1. The SMILES string of the molecule is CCCCCCCCCCC(C#N)(Cc1ccc(Cl)cc1)C(=O)Nc1cccc2cccnc12. The fourth-order valence-electron chi connectivity index (χ4n) is 4.39. The molecule has 1 atom stereocenters. The number of para-hydroxylation sites is 1. The summed E-state index contributed by atoms with van der Waals surface area (Å²) in [6, 6.07) is 19.3. The number of nitrogens with one attached hydrogen (secondary N) is 1. The van der Waals surface area contributed by atoms with Crippen LogP contribution < -0.4 is 5.32 Å². The predicted molar refractivity (Wildman–Crippen MR) is 141 cm³/mol. The minimum absolute atomic E-state index is 0.272. The number of nitrogens with zero attached hydrogens (tertiary/aromatic N) is 2. The molecule has 0 radical (unpaired) electrons. The summed E-state index contributed by atoms with van der Waals surface area (Å²) in [6.45, 7) is 2.22. The summed E-state index contributed by atoms with van der Waals surface area (Å²) in [4.78, 5) is 18.1. The average molecular weight is 476 g/mol. The maximum atomic E-state index is 13.6. The quantitative estimate of drug-likeness (QED) is 0.254. The van der Waals surface area contributed by atoms with Crippen LogP contribution in [0.25, 0.3) is 10.9 Å². The smallest absolute Gasteiger partial charge is 0.245 e. The summed E-state index contributed by atoms with van der Waals surface area (Å²) >= 11 is 6.05. The lowest BCUT2D eigenvalue weighted by atomic mass is 9.77. The van der Waals surface area contributed by atoms with Crippen LogP contribution >= 0.6 is 11.6 Å². The fourth-order valence-corrected chi connectivity index (χ4v) is 4.51. The number of amides is 1. The number of hydrogen-bond acceptors (Lipinski definition) is 3. The largest absolute Gasteiger partial charge is 0.323 e. The molecule has 3 aromatic rings. The molecule has 2 aromatic carbocycles. The number of unbranched alkanes of at least 4 members (excludes halogenated alkanes) is 7. The van der Waals surface area contributed by atoms with E-state index in [1.165, 1.54) is 32.1 Å². The van der Waals surface area contributed by atoms with Gasteiger partial charge in [0.25, 0.3) is 0 Å². The Balaban J connectivity index is 1.74. The van der Waals surface area contributed by atoms with E-state index in [-0.39, 0.29) is 5.91 Å². The van der Waals surface area contributed by atoms with Crippen LogP contribution in [0.15, 0.2) is 60.8 Å². The normalized spacial score (nSPS) is 12.7. The van der Waals surface area contributed by atoms with Gasteiger partial charge >= 0.3 is 0 Å². The minimum Gasteiger partial charge on any atom is -0.323 e. The number of benzene rings is 2. The van der Waals surface area contributed by atoms with Crippen LogP contribution in [0.5, 0.6) is 0 Å². The maximum Gasteiger partial charge on any atom is 0.245 e. The van der Waals surface area contributed by atoms with E-state index in [4.69, 9.17) is 11.6 Å². The Bertz CT molecular complexity index is 1100. The van der Waals surface area contributed by atoms with Gasteiger partial charge in [-0.05, 0) is 42.7 Å². The molecule has 1 unspecified atom stereocenters. The Morgan fingerprint density at radius 3 is 2.35 bits per heavy atom. The third-order valence-electron chi connectivity index (χ3n) is 6.41. The van der Waals surface area contributed by atoms with E-state index in [1.807, 2.05) is 54.6 Å². The molecule has 1 aromatic heterocycles. The van der Waals surface area contributed by atoms with E-state index in [0.29, 0.717) is 23.6 Å². The van der Waals surface area contributed by atoms with Gasteiger partial charge in [-0.25, -0.2) is 0 Å². The van der Waals surface area contributed by atoms with E-state index in [0.717, 1.165) is 35.7 Å². The molecule has 0 aliphatic rings. The van der Waals surface area contributed by atoms with Crippen molar-refractivity contribution in [3.63, 3.8) is 0 Å². The lowest BCUT2D eigenvalue weighted by Crippen LogP contribution is -2.37. The Hall–Kier alpha value is -2.90. The molecule has 1 N–H and O–H groups in total. The van der Waals surface area contributed by atoms with Crippen molar-refractivity contribution >= 4 is 34.1 Å². The molecule has 3 rings (SSSR count). The number of aromatic nitrogens is 1. The first-order valence-electron chi connectivity index (χ1n) is 12.4. The highest BCUT2D eigenvalue weighted by molar-refractivity contribution is 6.30. The highest BCUT2D eigenvalue weighted by Gasteiger charge is 2.38. The first kappa shape index (κ1) is 25.7. The molecule has 0 spiro atoms. The number of hydrogen-bond donors (Lipinski definition) is 1. The van der Waals surface area contributed by atoms with Crippen LogP contribution in [0.2, 0.25) is 5.02 Å². The van der Waals surface area contributed by atoms with Crippen molar-refractivity contribution in [2.24, 2.45) is 5.41 Å². The standard InChI is InChI=1S/C29H34ClN3O/c1-2-3-4-5-6-7-8-9-19-29(22-31,21-23-15-17-25(30)18-16-23)28(34)33-26-14-10-12-24-13-11-20-32-27(24)26/h10-18,20H,2-9,19,21H2,1H3,(H,33,34). The summed E-state index contributed by atoms with van der Waals surface area (Å²) in [6.07, 6.45) is 11.9. The minimum atomic E-state index is -1.16. The lowest BCUT2D eigenvalue weighted by Gasteiger charge is -2.26. The van der Waals surface area contributed by atoms with Crippen LogP contribution in [0.1, 0.15) is 70.3 Å². The Kier molecular flexibility index (Phi) is 9.91. The number of rotatable bonds is 13. The van der Waals surface area contributed by atoms with Crippen molar-refractivity contribution < 1.29 is 4.79 Å². The molecular formula is C29H34ClN3O. The van der Waals surface area contributed by atoms with E-state index < -0.39 is 5.41 Å². The van der Waals surface area contributed by atoms with Crippen molar-refractivity contribution in [3.8, 4) is 6.07 Å². The van der Waals surface area contributed by atoms with E-state index in [9.17, 15) is 10.1 Å². The van der Waals surface area contributed by atoms with Gasteiger partial charge in [0.05, 0.1) is 17.3 Å². The lowest BCUT2D eigenvalue weighted by molar-refractivity contribution is -0.123. The molecule has 178 valence electrons. The number of nitriles is 1. The number of anilines is 1. The molecule has 34 heavy (non-hydrogen) atoms. The van der Waals surface area contributed by atoms with Gasteiger partial charge in [-0.15, -0.1) is 0 Å². The van der Waals surface area contributed by atoms with Gasteiger partial charge in [0, 0.05) is 16.6 Å². The van der Waals surface area contributed by atoms with Crippen molar-refractivity contribution in [2.75, 3.05) is 5.32 Å². The number of carbonyl (C=O) groups excluding carboxylic acids is 1. The van der Waals surface area contributed by atoms with Gasteiger partial charge in [0.1, 0.15) is 5.41 Å². The summed E-state index contributed by atoms with van der Waals surface area (Å²) < 4.78 is 0. The number of halogens is 1. The highest BCUT2D eigenvalue weighted by Crippen LogP contribution is 2.33. The molecule has 0 aliphatic carbocycles. The number of fused-ring (bicyclic) bond motifs is 1. The van der Waals surface area contributed by atoms with Crippen molar-refractivity contribution in [3.05, 3.63) is 71.4 Å². The summed E-state index contributed by atoms with van der Waals surface area (Å²) in [7, 11) is 0. The van der Waals surface area contributed by atoms with Crippen molar-refractivity contribution in [1.82, 2.24) is 4.98 Å². The van der Waals surface area contributed by atoms with E-state index in [2.05, 4.69) is 23.3 Å². The van der Waals surface area contributed by atoms with Crippen molar-refractivity contribution in [2.45, 2.75) is 71.1 Å². The third kappa shape index (κ3) is 7.05. The molecule has 1 amide bonds. The third-order valence-corrected chi connectivity index (χ3v) is 6.66. The van der Waals surface area contributed by atoms with Crippen LogP contribution in [-0.2, 0) is 11.2 Å². The van der Waals surface area contributed by atoms with Crippen LogP contribution in [-0.4, -0.2) is 10.9 Å². The molecule has 0 saturated heterocycles. The summed E-state index contributed by atoms with van der Waals surface area (Å²) in [5.41, 5.74) is 1.13. The first-order chi connectivity index (χ1) is 16.6. The zero-order valence-electron chi connectivity index (χ0n) is 20.0. The maximum absolute atomic E-state index is 13.6. The highest BCUT2D eigenvalue weighted by atomic mass is 35.5. The Labute approximate surface area is 208 Å². The van der Waals surface area contributed by atoms with Gasteiger partial charge in [0.2, 0.25) is 5.91 Å². The average Bonchev–Trinajstić information content (AvgIpc) is 2.86. The molecule has 0 aliphatic heterocycles. The van der Waals surface area contributed by atoms with Gasteiger partial charge < -0.3 is 5.32 Å². The first-order valence-corrected chi connectivity index (χ1v) is 12.8. The topological polar surface area (TPSA) is 65.8 Å². The van der Waals surface area contributed by atoms with Gasteiger partial charge in [-0.2, -0.15) is 5.26 Å². The van der Waals surface area contributed by atoms with Crippen LogP contribution in [0.4, 0.5) is 5.69 Å². The Morgan fingerprint density at radius 1 is 0.971 bits per heavy atom. The van der Waals surface area contributed by atoms with E-state index in [1.54, 1.807) is 6.20 Å². The molecule has 1 heterocycles. The second-order valence-corrected chi connectivity index (χ2v) is 9.49. The zero-order chi connectivity index (χ0) is 24.2. The number of pyridine rings is 1. The second-order valence-electron chi connectivity index (χ2n) is 9.06. The molecular weight excluding hydrogens is 442 g/mol. The molecule has 5 heteroatoms. The second kappa shape index (κ2) is 13.1. The zero-order valence-corrected chi connectivity index (χ0v) is 20.8. The predicted octanol–water partition coefficient (Wildman–Crippen LogP) is 8.11. The van der Waals surface area contributed by atoms with Gasteiger partial charge in [-0.3, -0.25) is 9.78 Å². The fraction of sp³-hybridized carbons (Fsp3) is 0.414. The molecule has 0 bridgehead atoms. The summed E-state index contributed by atoms with van der Waals surface area (Å²) in [5.74, 6) is -0.272. The Morgan fingerprint density at radius 2 is 1.65 bits per heavy atom. The van der Waals surface area contributed by atoms with Crippen LogP contribution in [0, 0.1) is 16.7 Å². The monoisotopic (exact) mass is 475 g/mol. The molecule has 0 saturated carbocycles. The van der Waals surface area contributed by atoms with Gasteiger partial charge in [0.15, 0.2) is 0 Å².